The summed E-state index contributed by atoms with van der Waals surface area (Å²) < 4.78 is 1.40. The van der Waals surface area contributed by atoms with Crippen molar-refractivity contribution in [2.75, 3.05) is 4.90 Å². The first-order chi connectivity index (χ1) is 22.5. The molecule has 1 aromatic heterocycles. The second-order valence-electron chi connectivity index (χ2n) is 13.5. The maximum absolute atomic E-state index is 2.61. The third-order valence-corrected chi connectivity index (χ3v) is 11.4. The molecule has 2 unspecified atom stereocenters. The Balaban J connectivity index is 1.12. The number of nitrogens with zero attached hydrogens (tertiary/aromatic N) is 1. The smallest absolute Gasteiger partial charge is 0.0640 e. The van der Waals surface area contributed by atoms with Gasteiger partial charge < -0.3 is 4.90 Å². The van der Waals surface area contributed by atoms with Crippen LogP contribution in [-0.4, -0.2) is 5.54 Å². The Morgan fingerprint density at radius 1 is 0.804 bits per heavy atom. The van der Waals surface area contributed by atoms with Gasteiger partial charge in [-0.25, -0.2) is 0 Å². The quantitative estimate of drug-likeness (QED) is 0.209. The summed E-state index contributed by atoms with van der Waals surface area (Å²) >= 11 is 1.97. The van der Waals surface area contributed by atoms with Crippen molar-refractivity contribution in [3.63, 3.8) is 0 Å². The predicted molar refractivity (Wildman–Crippen MR) is 200 cm³/mol. The van der Waals surface area contributed by atoms with E-state index in [1.165, 1.54) is 65.3 Å². The van der Waals surface area contributed by atoms with Crippen LogP contribution >= 0.6 is 11.3 Å². The number of fused-ring (bicyclic) bond motifs is 3. The normalized spacial score (nSPS) is 22.2. The number of rotatable bonds is 6. The fourth-order valence-electron chi connectivity index (χ4n) is 7.58. The Kier molecular flexibility index (Phi) is 7.62. The Labute approximate surface area is 278 Å². The molecule has 0 aliphatic heterocycles. The highest BCUT2D eigenvalue weighted by atomic mass is 32.1. The van der Waals surface area contributed by atoms with E-state index in [2.05, 4.69) is 152 Å². The highest BCUT2D eigenvalue weighted by Crippen LogP contribution is 2.43. The largest absolute Gasteiger partial charge is 0.335 e. The first kappa shape index (κ1) is 29.0. The van der Waals surface area contributed by atoms with Crippen molar-refractivity contribution in [2.45, 2.75) is 57.9 Å². The lowest BCUT2D eigenvalue weighted by molar-refractivity contribution is 0.541. The van der Waals surface area contributed by atoms with Crippen LogP contribution in [-0.2, 0) is 6.42 Å². The summed E-state index contributed by atoms with van der Waals surface area (Å²) in [5.74, 6) is 0.627. The Hall–Kier alpha value is -4.40. The zero-order valence-corrected chi connectivity index (χ0v) is 27.7. The van der Waals surface area contributed by atoms with Gasteiger partial charge in [-0.1, -0.05) is 110 Å². The molecule has 0 saturated heterocycles. The number of hydrogen-bond donors (Lipinski definition) is 0. The average molecular weight is 616 g/mol. The zero-order valence-electron chi connectivity index (χ0n) is 26.9. The van der Waals surface area contributed by atoms with Crippen molar-refractivity contribution in [3.8, 4) is 11.1 Å². The summed E-state index contributed by atoms with van der Waals surface area (Å²) in [6, 6.07) is 27.0. The van der Waals surface area contributed by atoms with Gasteiger partial charge in [-0.05, 0) is 121 Å². The van der Waals surface area contributed by atoms with Crippen molar-refractivity contribution in [2.24, 2.45) is 5.92 Å². The summed E-state index contributed by atoms with van der Waals surface area (Å²) in [6.07, 6.45) is 30.1. The molecule has 0 fully saturated rings. The van der Waals surface area contributed by atoms with E-state index >= 15 is 0 Å². The van der Waals surface area contributed by atoms with Gasteiger partial charge in [0.1, 0.15) is 0 Å². The molecule has 2 atom stereocenters. The molecule has 228 valence electrons. The number of hydrogen-bond acceptors (Lipinski definition) is 2. The van der Waals surface area contributed by atoms with E-state index in [4.69, 9.17) is 0 Å². The Bertz CT molecular complexity index is 2010. The van der Waals surface area contributed by atoms with Gasteiger partial charge in [0.25, 0.3) is 0 Å². The van der Waals surface area contributed by atoms with Crippen molar-refractivity contribution in [3.05, 3.63) is 160 Å². The molecule has 3 aromatic carbocycles. The minimum absolute atomic E-state index is 0.174. The molecule has 0 bridgehead atoms. The molecule has 0 amide bonds. The molecule has 0 saturated carbocycles. The van der Waals surface area contributed by atoms with E-state index in [0.29, 0.717) is 5.92 Å². The second kappa shape index (κ2) is 12.1. The van der Waals surface area contributed by atoms with Crippen LogP contribution in [0.25, 0.3) is 32.9 Å². The van der Waals surface area contributed by atoms with Gasteiger partial charge in [-0.15, -0.1) is 11.3 Å². The van der Waals surface area contributed by atoms with Gasteiger partial charge in [-0.3, -0.25) is 0 Å². The monoisotopic (exact) mass is 615 g/mol. The highest BCUT2D eigenvalue weighted by molar-refractivity contribution is 7.19. The fourth-order valence-corrected chi connectivity index (χ4v) is 8.89. The SMILES string of the molecule is CC1C=Cc2c(sc3ccc(C4=CCC(C)(N(C5=CC=C(C6=CC=CCC6)CC5)c5ccc(-c6ccccc6)cc5)C=C4)cc23)C1. The van der Waals surface area contributed by atoms with E-state index in [0.717, 1.165) is 38.5 Å². The minimum Gasteiger partial charge on any atom is -0.335 e. The molecule has 8 rings (SSSR count). The third-order valence-electron chi connectivity index (χ3n) is 10.2. The van der Waals surface area contributed by atoms with Gasteiger partial charge in [0.15, 0.2) is 0 Å². The fraction of sp³-hybridized carbons (Fsp3) is 0.227. The van der Waals surface area contributed by atoms with Crippen LogP contribution < -0.4 is 4.90 Å². The highest BCUT2D eigenvalue weighted by Gasteiger charge is 2.34. The number of allylic oxidation sites excluding steroid dienone is 11. The lowest BCUT2D eigenvalue weighted by Gasteiger charge is -2.44. The van der Waals surface area contributed by atoms with Crippen LogP contribution in [0, 0.1) is 5.92 Å². The van der Waals surface area contributed by atoms with Crippen LogP contribution in [0.5, 0.6) is 0 Å². The molecule has 4 aliphatic carbocycles. The maximum atomic E-state index is 2.61. The molecule has 4 aromatic rings. The summed E-state index contributed by atoms with van der Waals surface area (Å²) in [5, 5.41) is 1.40. The lowest BCUT2D eigenvalue weighted by Crippen LogP contribution is -2.45. The van der Waals surface area contributed by atoms with Gasteiger partial charge in [-0.2, -0.15) is 0 Å². The van der Waals surface area contributed by atoms with Gasteiger partial charge in [0.2, 0.25) is 0 Å². The lowest BCUT2D eigenvalue weighted by atomic mass is 9.84. The van der Waals surface area contributed by atoms with E-state index in [1.807, 2.05) is 11.3 Å². The molecular formula is C44H41NS. The molecule has 0 radical (unpaired) electrons. The maximum Gasteiger partial charge on any atom is 0.0640 e. The van der Waals surface area contributed by atoms with E-state index in [-0.39, 0.29) is 5.54 Å². The summed E-state index contributed by atoms with van der Waals surface area (Å²) in [7, 11) is 0. The molecule has 46 heavy (non-hydrogen) atoms. The molecule has 0 N–H and O–H groups in total. The van der Waals surface area contributed by atoms with Gasteiger partial charge in [0.05, 0.1) is 5.54 Å². The van der Waals surface area contributed by atoms with E-state index < -0.39 is 0 Å². The second-order valence-corrected chi connectivity index (χ2v) is 14.6. The summed E-state index contributed by atoms with van der Waals surface area (Å²) in [4.78, 5) is 4.14. The molecule has 2 heteroatoms. The molecular weight excluding hydrogens is 575 g/mol. The van der Waals surface area contributed by atoms with E-state index in [1.54, 1.807) is 0 Å². The van der Waals surface area contributed by atoms with Crippen LogP contribution in [0.3, 0.4) is 0 Å². The minimum atomic E-state index is -0.174. The van der Waals surface area contributed by atoms with Gasteiger partial charge in [0, 0.05) is 26.3 Å². The van der Waals surface area contributed by atoms with Crippen LogP contribution in [0.4, 0.5) is 5.69 Å². The molecule has 0 spiro atoms. The number of anilines is 1. The summed E-state index contributed by atoms with van der Waals surface area (Å²) in [5.41, 5.74) is 12.0. The van der Waals surface area contributed by atoms with Crippen LogP contribution in [0.1, 0.15) is 62.0 Å². The standard InChI is InChI=1S/C44H41NS/c1-31-13-23-40-41-30-37(18-24-42(41)46-43(40)29-31)36-25-27-44(2,28-26-36)45(38-19-14-34(15-20-38)32-9-5-3-6-10-32)39-21-16-35(17-22-39)33-11-7-4-8-12-33/h3-7,9-11,13-16,18-21,23-27,30-31H,8,12,17,22,28-29H2,1-2H3. The predicted octanol–water partition coefficient (Wildman–Crippen LogP) is 12.3. The van der Waals surface area contributed by atoms with Crippen molar-refractivity contribution < 1.29 is 0 Å². The zero-order chi connectivity index (χ0) is 31.1. The Morgan fingerprint density at radius 3 is 2.35 bits per heavy atom. The number of benzene rings is 3. The number of thiophene rings is 1. The molecule has 4 aliphatic rings. The average Bonchev–Trinajstić information content (AvgIpc) is 3.47. The Morgan fingerprint density at radius 2 is 1.61 bits per heavy atom. The van der Waals surface area contributed by atoms with Crippen molar-refractivity contribution in [1.82, 2.24) is 0 Å². The first-order valence-corrected chi connectivity index (χ1v) is 17.7. The van der Waals surface area contributed by atoms with Gasteiger partial charge >= 0.3 is 0 Å². The summed E-state index contributed by atoms with van der Waals surface area (Å²) in [6.45, 7) is 4.72. The van der Waals surface area contributed by atoms with Crippen molar-refractivity contribution >= 4 is 38.8 Å². The van der Waals surface area contributed by atoms with E-state index in [9.17, 15) is 0 Å². The van der Waals surface area contributed by atoms with Crippen LogP contribution in [0.2, 0.25) is 0 Å². The first-order valence-electron chi connectivity index (χ1n) is 16.9. The third kappa shape index (κ3) is 5.50. The van der Waals surface area contributed by atoms with Crippen LogP contribution in [0.15, 0.2) is 144 Å². The molecule has 1 heterocycles. The van der Waals surface area contributed by atoms with Crippen molar-refractivity contribution in [1.29, 1.82) is 0 Å². The topological polar surface area (TPSA) is 3.24 Å². The molecule has 1 nitrogen and oxygen atoms in total.